The first kappa shape index (κ1) is 31.3. The third-order valence-corrected chi connectivity index (χ3v) is 8.42. The van der Waals surface area contributed by atoms with Crippen LogP contribution < -0.4 is 28.6 Å². The molecule has 0 aliphatic carbocycles. The van der Waals surface area contributed by atoms with Gasteiger partial charge in [0.2, 0.25) is 25.1 Å². The number of aromatic amines is 1. The summed E-state index contributed by atoms with van der Waals surface area (Å²) in [6.07, 6.45) is 0.267. The number of methoxy groups -OCH3 is 1. The standard InChI is InChI=1S/C30H32N6O8S/c1-5-6-20-13-22(36(16-37)30-31-34-35-32-30)9-12-24(20)44-27(21-14-25(41-4)28-26(15-21)42-17-43-28)29(38)33-45(39,40)23-10-7-19(8-11-23)18(2)3/h7-16,18,27H,5-6,17H2,1-4H3,(H,33,38)(H,31,32,34,35). The Labute approximate surface area is 259 Å². The van der Waals surface area contributed by atoms with Gasteiger partial charge in [-0.05, 0) is 71.1 Å². The molecule has 2 N–H and O–H groups in total. The molecule has 3 aromatic carbocycles. The van der Waals surface area contributed by atoms with Crippen molar-refractivity contribution in [1.82, 2.24) is 25.3 Å². The predicted molar refractivity (Wildman–Crippen MR) is 161 cm³/mol. The zero-order valence-electron chi connectivity index (χ0n) is 25.0. The number of nitrogens with one attached hydrogen (secondary N) is 2. The number of fused-ring (bicyclic) bond motifs is 1. The summed E-state index contributed by atoms with van der Waals surface area (Å²) in [5, 5.41) is 13.5. The molecule has 1 aliphatic heterocycles. The molecule has 15 heteroatoms. The number of hydrogen-bond acceptors (Lipinski definition) is 11. The van der Waals surface area contributed by atoms with E-state index < -0.39 is 22.0 Å². The molecule has 0 saturated carbocycles. The number of benzene rings is 3. The van der Waals surface area contributed by atoms with Crippen LogP contribution in [0.4, 0.5) is 11.6 Å². The minimum absolute atomic E-state index is 0.0393. The van der Waals surface area contributed by atoms with Crippen LogP contribution in [-0.4, -0.2) is 55.3 Å². The summed E-state index contributed by atoms with van der Waals surface area (Å²) in [5.74, 6) is 0.515. The maximum Gasteiger partial charge on any atom is 0.279 e. The number of ether oxygens (including phenoxy) is 4. The Kier molecular flexibility index (Phi) is 9.18. The highest BCUT2D eigenvalue weighted by atomic mass is 32.2. The molecule has 2 amide bonds. The summed E-state index contributed by atoms with van der Waals surface area (Å²) < 4.78 is 51.7. The smallest absolute Gasteiger partial charge is 0.279 e. The Bertz CT molecular complexity index is 1780. The number of anilines is 2. The van der Waals surface area contributed by atoms with Gasteiger partial charge < -0.3 is 18.9 Å². The Balaban J connectivity index is 1.53. The molecule has 0 bridgehead atoms. The van der Waals surface area contributed by atoms with E-state index in [1.165, 1.54) is 36.3 Å². The molecule has 1 atom stereocenters. The fourth-order valence-electron chi connectivity index (χ4n) is 4.76. The van der Waals surface area contributed by atoms with Gasteiger partial charge in [0, 0.05) is 5.56 Å². The number of carbonyl (C=O) groups is 2. The van der Waals surface area contributed by atoms with Crippen molar-refractivity contribution in [3.8, 4) is 23.0 Å². The molecule has 45 heavy (non-hydrogen) atoms. The second kappa shape index (κ2) is 13.2. The lowest BCUT2D eigenvalue weighted by Crippen LogP contribution is -2.37. The van der Waals surface area contributed by atoms with Crippen molar-refractivity contribution >= 4 is 34.0 Å². The van der Waals surface area contributed by atoms with Gasteiger partial charge in [0.1, 0.15) is 5.75 Å². The van der Waals surface area contributed by atoms with E-state index in [0.717, 1.165) is 5.56 Å². The Morgan fingerprint density at radius 1 is 1.09 bits per heavy atom. The first-order valence-electron chi connectivity index (χ1n) is 14.1. The maximum atomic E-state index is 13.8. The summed E-state index contributed by atoms with van der Waals surface area (Å²) in [5.41, 5.74) is 2.28. The highest BCUT2D eigenvalue weighted by Crippen LogP contribution is 2.44. The topological polar surface area (TPSA) is 175 Å². The van der Waals surface area contributed by atoms with E-state index in [9.17, 15) is 18.0 Å². The molecule has 2 heterocycles. The van der Waals surface area contributed by atoms with Crippen LogP contribution in [0.2, 0.25) is 0 Å². The second-order valence-electron chi connectivity index (χ2n) is 10.4. The van der Waals surface area contributed by atoms with Gasteiger partial charge in [0.25, 0.3) is 21.9 Å². The molecule has 0 radical (unpaired) electrons. The van der Waals surface area contributed by atoms with Crippen LogP contribution in [0.25, 0.3) is 0 Å². The van der Waals surface area contributed by atoms with Crippen LogP contribution in [0.1, 0.15) is 55.9 Å². The van der Waals surface area contributed by atoms with Gasteiger partial charge in [-0.25, -0.2) is 18.0 Å². The van der Waals surface area contributed by atoms with Crippen molar-refractivity contribution < 1.29 is 37.0 Å². The van der Waals surface area contributed by atoms with Crippen LogP contribution >= 0.6 is 0 Å². The van der Waals surface area contributed by atoms with E-state index in [1.54, 1.807) is 30.3 Å². The van der Waals surface area contributed by atoms with Gasteiger partial charge in [0.05, 0.1) is 17.7 Å². The first-order chi connectivity index (χ1) is 21.6. The van der Waals surface area contributed by atoms with Crippen molar-refractivity contribution in [2.24, 2.45) is 0 Å². The molecule has 1 aromatic heterocycles. The monoisotopic (exact) mass is 636 g/mol. The van der Waals surface area contributed by atoms with Crippen molar-refractivity contribution in [2.45, 2.75) is 50.5 Å². The minimum Gasteiger partial charge on any atom is -0.493 e. The number of hydrogen-bond donors (Lipinski definition) is 2. The number of nitrogens with zero attached hydrogens (tertiary/aromatic N) is 4. The number of rotatable bonds is 13. The van der Waals surface area contributed by atoms with Crippen LogP contribution in [0.15, 0.2) is 59.5 Å². The predicted octanol–water partition coefficient (Wildman–Crippen LogP) is 3.93. The molecule has 14 nitrogen and oxygen atoms in total. The first-order valence-corrected chi connectivity index (χ1v) is 15.5. The molecule has 1 unspecified atom stereocenters. The molecule has 0 spiro atoms. The summed E-state index contributed by atoms with van der Waals surface area (Å²) >= 11 is 0. The fourth-order valence-corrected chi connectivity index (χ4v) is 5.74. The van der Waals surface area contributed by atoms with Crippen molar-refractivity contribution in [3.63, 3.8) is 0 Å². The van der Waals surface area contributed by atoms with Crippen molar-refractivity contribution in [2.75, 3.05) is 18.8 Å². The van der Waals surface area contributed by atoms with Gasteiger partial charge in [-0.1, -0.05) is 44.4 Å². The van der Waals surface area contributed by atoms with E-state index in [-0.39, 0.29) is 40.6 Å². The van der Waals surface area contributed by atoms with E-state index in [2.05, 4.69) is 25.3 Å². The van der Waals surface area contributed by atoms with E-state index in [1.807, 2.05) is 20.8 Å². The molecule has 0 saturated heterocycles. The summed E-state index contributed by atoms with van der Waals surface area (Å²) in [6.45, 7) is 5.89. The van der Waals surface area contributed by atoms with Crippen molar-refractivity contribution in [1.29, 1.82) is 0 Å². The second-order valence-corrected chi connectivity index (χ2v) is 12.1. The number of sulfonamides is 1. The lowest BCUT2D eigenvalue weighted by atomic mass is 10.0. The Morgan fingerprint density at radius 3 is 2.51 bits per heavy atom. The number of tetrazole rings is 1. The van der Waals surface area contributed by atoms with Crippen molar-refractivity contribution in [3.05, 3.63) is 71.3 Å². The number of amides is 2. The summed E-state index contributed by atoms with van der Waals surface area (Å²) in [6, 6.07) is 14.2. The van der Waals surface area contributed by atoms with Crippen LogP contribution in [0.3, 0.4) is 0 Å². The van der Waals surface area contributed by atoms with Gasteiger partial charge >= 0.3 is 0 Å². The summed E-state index contributed by atoms with van der Waals surface area (Å²) in [7, 11) is -2.84. The van der Waals surface area contributed by atoms with E-state index >= 15 is 0 Å². The molecular weight excluding hydrogens is 604 g/mol. The third-order valence-electron chi connectivity index (χ3n) is 7.06. The molecular formula is C30H32N6O8S. The van der Waals surface area contributed by atoms with E-state index in [0.29, 0.717) is 42.0 Å². The SMILES string of the molecule is CCCc1cc(N(C=O)c2nn[nH]n2)ccc1OC(C(=O)NS(=O)(=O)c1ccc(C(C)C)cc1)c1cc(OC)c2c(c1)OCO2. The van der Waals surface area contributed by atoms with Gasteiger partial charge in [0.15, 0.2) is 11.5 Å². The van der Waals surface area contributed by atoms with Gasteiger partial charge in [-0.15, -0.1) is 5.10 Å². The highest BCUT2D eigenvalue weighted by molar-refractivity contribution is 7.90. The average molecular weight is 637 g/mol. The highest BCUT2D eigenvalue weighted by Gasteiger charge is 2.32. The third kappa shape index (κ3) is 6.67. The fraction of sp³-hybridized carbons (Fsp3) is 0.300. The molecule has 1 aliphatic rings. The van der Waals surface area contributed by atoms with Crippen LogP contribution in [-0.2, 0) is 26.0 Å². The minimum atomic E-state index is -4.28. The van der Waals surface area contributed by atoms with Crippen LogP contribution in [0.5, 0.6) is 23.0 Å². The molecule has 0 fully saturated rings. The summed E-state index contributed by atoms with van der Waals surface area (Å²) in [4.78, 5) is 26.9. The van der Waals surface area contributed by atoms with Gasteiger partial charge in [-0.3, -0.25) is 9.59 Å². The zero-order valence-corrected chi connectivity index (χ0v) is 25.8. The largest absolute Gasteiger partial charge is 0.493 e. The number of aromatic nitrogens is 4. The lowest BCUT2D eigenvalue weighted by molar-refractivity contribution is -0.126. The Morgan fingerprint density at radius 2 is 1.87 bits per heavy atom. The van der Waals surface area contributed by atoms with Crippen LogP contribution in [0, 0.1) is 0 Å². The van der Waals surface area contributed by atoms with Gasteiger partial charge in [-0.2, -0.15) is 5.21 Å². The average Bonchev–Trinajstić information content (AvgIpc) is 3.73. The number of carbonyl (C=O) groups excluding carboxylic acids is 2. The zero-order chi connectivity index (χ0) is 32.1. The molecule has 4 aromatic rings. The van der Waals surface area contributed by atoms with E-state index in [4.69, 9.17) is 18.9 Å². The molecule has 5 rings (SSSR count). The maximum absolute atomic E-state index is 13.8. The number of aryl methyl sites for hydroxylation is 1. The Hall–Kier alpha value is -5.18. The quantitative estimate of drug-likeness (QED) is 0.203. The lowest BCUT2D eigenvalue weighted by Gasteiger charge is -2.23. The number of H-pyrrole nitrogens is 1. The molecule has 236 valence electrons. The normalized spacial score (nSPS) is 12.9.